The van der Waals surface area contributed by atoms with Crippen LogP contribution in [0, 0.1) is 17.6 Å². The molecule has 1 amide bonds. The van der Waals surface area contributed by atoms with Gasteiger partial charge >= 0.3 is 0 Å². The normalized spacial score (nSPS) is 15.0. The van der Waals surface area contributed by atoms with Crippen molar-refractivity contribution >= 4 is 42.6 Å². The van der Waals surface area contributed by atoms with E-state index in [0.29, 0.717) is 28.2 Å². The maximum Gasteiger partial charge on any atom is 0.245 e. The van der Waals surface area contributed by atoms with Crippen LogP contribution < -0.4 is 9.64 Å². The Morgan fingerprint density at radius 3 is 2.61 bits per heavy atom. The first-order chi connectivity index (χ1) is 18.3. The highest BCUT2D eigenvalue weighted by molar-refractivity contribution is 7.89. The number of benzene rings is 2. The van der Waals surface area contributed by atoms with Crippen molar-refractivity contribution in [1.82, 2.24) is 14.3 Å². The predicted molar refractivity (Wildman–Crippen MR) is 139 cm³/mol. The van der Waals surface area contributed by atoms with Crippen molar-refractivity contribution in [2.24, 2.45) is 5.92 Å². The van der Waals surface area contributed by atoms with Crippen LogP contribution in [0.25, 0.3) is 10.2 Å². The molecule has 0 aliphatic carbocycles. The minimum absolute atomic E-state index is 0.0284. The Kier molecular flexibility index (Phi) is 7.37. The molecule has 0 N–H and O–H groups in total. The summed E-state index contributed by atoms with van der Waals surface area (Å²) in [6.07, 6.45) is 2.14. The second-order valence-corrected chi connectivity index (χ2v) is 11.7. The number of methoxy groups -OCH3 is 1. The number of fused-ring (bicyclic) bond motifs is 1. The van der Waals surface area contributed by atoms with E-state index in [1.165, 1.54) is 11.3 Å². The highest BCUT2D eigenvalue weighted by Gasteiger charge is 2.36. The smallest absolute Gasteiger partial charge is 0.245 e. The third kappa shape index (κ3) is 5.11. The number of thiazole rings is 1. The minimum atomic E-state index is -4.17. The van der Waals surface area contributed by atoms with E-state index in [4.69, 9.17) is 9.72 Å². The number of ether oxygens (including phenoxy) is 1. The molecule has 2 aromatic carbocycles. The lowest BCUT2D eigenvalue weighted by molar-refractivity contribution is -0.123. The van der Waals surface area contributed by atoms with Gasteiger partial charge in [0.1, 0.15) is 27.8 Å². The largest absolute Gasteiger partial charge is 0.494 e. The molecule has 198 valence electrons. The zero-order valence-corrected chi connectivity index (χ0v) is 22.0. The number of pyridine rings is 1. The van der Waals surface area contributed by atoms with E-state index in [0.717, 1.165) is 21.1 Å². The number of amides is 1. The summed E-state index contributed by atoms with van der Waals surface area (Å²) < 4.78 is 60.9. The predicted octanol–water partition coefficient (Wildman–Crippen LogP) is 4.61. The number of carbonyl (C=O) groups excluding carboxylic acids is 1. The van der Waals surface area contributed by atoms with E-state index in [1.807, 2.05) is 24.3 Å². The van der Waals surface area contributed by atoms with Gasteiger partial charge in [0.05, 0.1) is 24.0 Å². The molecule has 5 rings (SSSR count). The van der Waals surface area contributed by atoms with E-state index in [9.17, 15) is 22.0 Å². The van der Waals surface area contributed by atoms with Gasteiger partial charge in [-0.3, -0.25) is 14.7 Å². The van der Waals surface area contributed by atoms with Crippen LogP contribution >= 0.6 is 11.3 Å². The van der Waals surface area contributed by atoms with E-state index >= 15 is 0 Å². The molecule has 1 aliphatic rings. The Morgan fingerprint density at radius 1 is 1.13 bits per heavy atom. The third-order valence-electron chi connectivity index (χ3n) is 6.45. The van der Waals surface area contributed by atoms with Crippen molar-refractivity contribution < 1.29 is 26.7 Å². The molecule has 4 aromatic rings. The van der Waals surface area contributed by atoms with Gasteiger partial charge in [0, 0.05) is 31.3 Å². The molecule has 0 spiro atoms. The number of hydrogen-bond acceptors (Lipinski definition) is 7. The molecule has 0 unspecified atom stereocenters. The van der Waals surface area contributed by atoms with E-state index in [-0.39, 0.29) is 38.4 Å². The van der Waals surface area contributed by atoms with E-state index in [2.05, 4.69) is 4.98 Å². The number of para-hydroxylation sites is 1. The maximum atomic E-state index is 14.2. The van der Waals surface area contributed by atoms with Gasteiger partial charge in [-0.25, -0.2) is 22.2 Å². The summed E-state index contributed by atoms with van der Waals surface area (Å²) >= 11 is 1.36. The molecule has 2 aromatic heterocycles. The highest BCUT2D eigenvalue weighted by atomic mass is 32.2. The minimum Gasteiger partial charge on any atom is -0.494 e. The molecule has 3 heterocycles. The Labute approximate surface area is 222 Å². The number of sulfonamides is 1. The standard InChI is InChI=1S/C26H24F2N4O4S2/c1-36-21-6-4-7-22-24(21)30-26(37-22)32(16-19-5-2-3-12-29-19)25(33)17-10-13-31(14-11-17)38(34,35)23-9-8-18(27)15-20(23)28/h2-9,12,15,17H,10-11,13-14,16H2,1H3. The maximum absolute atomic E-state index is 14.2. The summed E-state index contributed by atoms with van der Waals surface area (Å²) in [5.74, 6) is -2.07. The van der Waals surface area contributed by atoms with Crippen molar-refractivity contribution in [2.45, 2.75) is 24.3 Å². The third-order valence-corrected chi connectivity index (χ3v) is 9.42. The molecule has 1 saturated heterocycles. The van der Waals surface area contributed by atoms with Gasteiger partial charge in [0.2, 0.25) is 15.9 Å². The van der Waals surface area contributed by atoms with Crippen LogP contribution in [0.1, 0.15) is 18.5 Å². The first kappa shape index (κ1) is 26.1. The summed E-state index contributed by atoms with van der Waals surface area (Å²) in [7, 11) is -2.61. The molecule has 8 nitrogen and oxygen atoms in total. The summed E-state index contributed by atoms with van der Waals surface area (Å²) in [4.78, 5) is 23.9. The van der Waals surface area contributed by atoms with Crippen LogP contribution in [-0.2, 0) is 21.4 Å². The van der Waals surface area contributed by atoms with Crippen LogP contribution in [0.15, 0.2) is 65.7 Å². The van der Waals surface area contributed by atoms with E-state index < -0.39 is 32.5 Å². The van der Waals surface area contributed by atoms with Crippen LogP contribution in [-0.4, -0.2) is 48.8 Å². The second-order valence-electron chi connectivity index (χ2n) is 8.80. The lowest BCUT2D eigenvalue weighted by Gasteiger charge is -2.33. The fraction of sp³-hybridized carbons (Fsp3) is 0.269. The molecular formula is C26H24F2N4O4S2. The van der Waals surface area contributed by atoms with Gasteiger partial charge in [-0.2, -0.15) is 4.31 Å². The number of carbonyl (C=O) groups is 1. The molecule has 0 bridgehead atoms. The van der Waals surface area contributed by atoms with Crippen LogP contribution in [0.4, 0.5) is 13.9 Å². The molecule has 12 heteroatoms. The molecule has 1 aliphatic heterocycles. The first-order valence-electron chi connectivity index (χ1n) is 11.9. The van der Waals surface area contributed by atoms with Gasteiger partial charge in [0.15, 0.2) is 5.13 Å². The van der Waals surface area contributed by atoms with Crippen LogP contribution in [0.3, 0.4) is 0 Å². The van der Waals surface area contributed by atoms with Crippen LogP contribution in [0.2, 0.25) is 0 Å². The molecule has 38 heavy (non-hydrogen) atoms. The van der Waals surface area contributed by atoms with Gasteiger partial charge in [-0.15, -0.1) is 0 Å². The number of piperidine rings is 1. The Morgan fingerprint density at radius 2 is 1.92 bits per heavy atom. The highest BCUT2D eigenvalue weighted by Crippen LogP contribution is 2.36. The molecular weight excluding hydrogens is 534 g/mol. The molecule has 0 saturated carbocycles. The Bertz CT molecular complexity index is 1570. The Balaban J connectivity index is 1.39. The van der Waals surface area contributed by atoms with Crippen molar-refractivity contribution in [3.63, 3.8) is 0 Å². The summed E-state index contributed by atoms with van der Waals surface area (Å²) in [5, 5.41) is 0.489. The van der Waals surface area contributed by atoms with Crippen molar-refractivity contribution in [3.05, 3.63) is 78.1 Å². The summed E-state index contributed by atoms with van der Waals surface area (Å²) in [5.41, 5.74) is 1.33. The van der Waals surface area contributed by atoms with Crippen LogP contribution in [0.5, 0.6) is 5.75 Å². The summed E-state index contributed by atoms with van der Waals surface area (Å²) in [6.45, 7) is 0.252. The lowest BCUT2D eigenvalue weighted by atomic mass is 9.96. The fourth-order valence-corrected chi connectivity index (χ4v) is 6.98. The van der Waals surface area contributed by atoms with Gasteiger partial charge in [0.25, 0.3) is 0 Å². The van der Waals surface area contributed by atoms with Crippen molar-refractivity contribution in [2.75, 3.05) is 25.1 Å². The fourth-order valence-electron chi connectivity index (χ4n) is 4.47. The number of rotatable bonds is 7. The number of nitrogens with zero attached hydrogens (tertiary/aromatic N) is 4. The Hall–Kier alpha value is -3.48. The SMILES string of the molecule is COc1cccc2sc(N(Cc3ccccn3)C(=O)C3CCN(S(=O)(=O)c4ccc(F)cc4F)CC3)nc12. The number of halogens is 2. The lowest BCUT2D eigenvalue weighted by Crippen LogP contribution is -2.44. The summed E-state index contributed by atoms with van der Waals surface area (Å²) in [6, 6.07) is 13.4. The number of anilines is 1. The van der Waals surface area contributed by atoms with E-state index in [1.54, 1.807) is 30.3 Å². The number of hydrogen-bond donors (Lipinski definition) is 0. The molecule has 0 atom stereocenters. The average molecular weight is 559 g/mol. The van der Waals surface area contributed by atoms with Gasteiger partial charge < -0.3 is 4.74 Å². The topological polar surface area (TPSA) is 92.7 Å². The molecule has 0 radical (unpaired) electrons. The zero-order valence-electron chi connectivity index (χ0n) is 20.4. The average Bonchev–Trinajstić information content (AvgIpc) is 3.36. The van der Waals surface area contributed by atoms with Gasteiger partial charge in [-0.05, 0) is 49.2 Å². The first-order valence-corrected chi connectivity index (χ1v) is 14.1. The van der Waals surface area contributed by atoms with Crippen molar-refractivity contribution in [3.8, 4) is 5.75 Å². The zero-order chi connectivity index (χ0) is 26.9. The monoisotopic (exact) mass is 558 g/mol. The molecule has 1 fully saturated rings. The van der Waals surface area contributed by atoms with Gasteiger partial charge in [-0.1, -0.05) is 23.5 Å². The quantitative estimate of drug-likeness (QED) is 0.329. The number of aromatic nitrogens is 2. The van der Waals surface area contributed by atoms with Crippen molar-refractivity contribution in [1.29, 1.82) is 0 Å². The second kappa shape index (κ2) is 10.7.